The van der Waals surface area contributed by atoms with Crippen LogP contribution in [0.2, 0.25) is 0 Å². The number of carbonyl (C=O) groups is 1. The van der Waals surface area contributed by atoms with Crippen molar-refractivity contribution < 1.29 is 49.4 Å². The number of aromatic nitrogens is 2. The summed E-state index contributed by atoms with van der Waals surface area (Å²) in [6.07, 6.45) is -10.6. The first-order valence-electron chi connectivity index (χ1n) is 10.6. The van der Waals surface area contributed by atoms with E-state index >= 15 is 0 Å². The van der Waals surface area contributed by atoms with Crippen molar-refractivity contribution >= 4 is 21.6 Å². The lowest BCUT2D eigenvalue weighted by molar-refractivity contribution is -0.153. The van der Waals surface area contributed by atoms with Crippen molar-refractivity contribution in [2.45, 2.75) is 61.8 Å². The van der Waals surface area contributed by atoms with Crippen LogP contribution in [0.3, 0.4) is 0 Å². The van der Waals surface area contributed by atoms with Gasteiger partial charge in [0.25, 0.3) is 0 Å². The van der Waals surface area contributed by atoms with Crippen molar-refractivity contribution in [2.24, 2.45) is 0 Å². The summed E-state index contributed by atoms with van der Waals surface area (Å²) in [4.78, 5) is 12.1. The Morgan fingerprint density at radius 2 is 1.83 bits per heavy atom. The average molecular weight is 543 g/mol. The van der Waals surface area contributed by atoms with E-state index in [0.29, 0.717) is 23.6 Å². The Morgan fingerprint density at radius 1 is 1.19 bits per heavy atom. The lowest BCUT2D eigenvalue weighted by atomic mass is 10.2. The number of carboxylic acid groups (broad SMARTS) is 1. The molecule has 0 saturated carbocycles. The van der Waals surface area contributed by atoms with Gasteiger partial charge in [0.05, 0.1) is 21.4 Å². The minimum absolute atomic E-state index is 0.192. The summed E-state index contributed by atoms with van der Waals surface area (Å²) < 4.78 is 111. The van der Waals surface area contributed by atoms with Crippen LogP contribution in [-0.2, 0) is 20.8 Å². The normalized spacial score (nSPS) is 19.2. The van der Waals surface area contributed by atoms with E-state index in [-0.39, 0.29) is 12.1 Å². The minimum Gasteiger partial charge on any atom is -0.484 e. The third-order valence-corrected chi connectivity index (χ3v) is 7.76. The van der Waals surface area contributed by atoms with Gasteiger partial charge in [-0.25, -0.2) is 17.9 Å². The molecule has 1 aromatic heterocycles. The summed E-state index contributed by atoms with van der Waals surface area (Å²) in [5, 5.41) is 12.5. The average Bonchev–Trinajstić information content (AvgIpc) is 3.35. The highest BCUT2D eigenvalue weighted by atomic mass is 32.2. The Hall–Kier alpha value is -2.97. The Labute approximate surface area is 202 Å². The molecule has 8 nitrogen and oxygen atoms in total. The second-order valence-electron chi connectivity index (χ2n) is 8.65. The zero-order valence-corrected chi connectivity index (χ0v) is 20.1. The van der Waals surface area contributed by atoms with Gasteiger partial charge in [0.1, 0.15) is 17.6 Å². The maximum atomic E-state index is 13.8. The number of benzene rings is 1. The fraction of sp³-hybridized carbons (Fsp3) is 0.524. The number of hydrogen-bond acceptors (Lipinski definition) is 6. The van der Waals surface area contributed by atoms with Crippen molar-refractivity contribution in [1.82, 2.24) is 9.78 Å². The highest BCUT2D eigenvalue weighted by Gasteiger charge is 2.47. The lowest BCUT2D eigenvalue weighted by Crippen LogP contribution is -2.37. The molecule has 1 aromatic carbocycles. The van der Waals surface area contributed by atoms with Gasteiger partial charge in [0, 0.05) is 18.7 Å². The van der Waals surface area contributed by atoms with E-state index in [1.165, 1.54) is 9.58 Å². The summed E-state index contributed by atoms with van der Waals surface area (Å²) in [5.41, 5.74) is -1.17. The number of halogens is 6. The second kappa shape index (κ2) is 9.48. The Morgan fingerprint density at radius 3 is 2.36 bits per heavy atom. The van der Waals surface area contributed by atoms with Crippen molar-refractivity contribution in [3.63, 3.8) is 0 Å². The number of nitrogens with zero attached hydrogens (tertiary/aromatic N) is 3. The highest BCUT2D eigenvalue weighted by Crippen LogP contribution is 2.40. The number of aliphatic carboxylic acids is 1. The van der Waals surface area contributed by atoms with Gasteiger partial charge >= 0.3 is 18.3 Å². The number of sulfone groups is 1. The molecule has 200 valence electrons. The largest absolute Gasteiger partial charge is 0.484 e. The maximum absolute atomic E-state index is 13.8. The summed E-state index contributed by atoms with van der Waals surface area (Å²) in [7, 11) is -4.78. The second-order valence-corrected chi connectivity index (χ2v) is 10.8. The van der Waals surface area contributed by atoms with Crippen molar-refractivity contribution in [3.05, 3.63) is 35.5 Å². The van der Waals surface area contributed by atoms with E-state index in [9.17, 15) is 44.7 Å². The summed E-state index contributed by atoms with van der Waals surface area (Å²) in [5.74, 6) is -1.88. The van der Waals surface area contributed by atoms with Crippen LogP contribution in [0.1, 0.15) is 37.6 Å². The first-order valence-corrected chi connectivity index (χ1v) is 12.2. The zero-order valence-electron chi connectivity index (χ0n) is 19.3. The molecule has 1 N–H and O–H groups in total. The summed E-state index contributed by atoms with van der Waals surface area (Å²) >= 11 is 0. The van der Waals surface area contributed by atoms with Crippen molar-refractivity contribution in [2.75, 3.05) is 18.1 Å². The molecular weight excluding hydrogens is 520 g/mol. The van der Waals surface area contributed by atoms with Crippen LogP contribution in [0, 0.1) is 6.92 Å². The molecule has 0 spiro atoms. The van der Waals surface area contributed by atoms with E-state index in [4.69, 9.17) is 0 Å². The van der Waals surface area contributed by atoms with Crippen molar-refractivity contribution in [1.29, 1.82) is 0 Å². The molecule has 0 amide bonds. The molecular formula is C21H23F6N3O5S. The monoisotopic (exact) mass is 543 g/mol. The van der Waals surface area contributed by atoms with Crippen LogP contribution in [0.4, 0.5) is 32.2 Å². The number of anilines is 1. The van der Waals surface area contributed by atoms with Crippen LogP contribution < -0.4 is 9.64 Å². The standard InChI is InChI=1S/C21H23F6N3O5S/c1-11(2)30-18(6-12(3)28-30)29-9-14(8-16(29)19(31)32)36(33,34)17-5-4-13(35-10-20(22,23)24)7-15(17)21(25,26)27/h4-7,11,14,16H,8-10H2,1-3H3,(H,31,32)/t14-,16-/m1/s1. The van der Waals surface area contributed by atoms with Crippen LogP contribution in [0.25, 0.3) is 0 Å². The third-order valence-electron chi connectivity index (χ3n) is 5.57. The van der Waals surface area contributed by atoms with Crippen LogP contribution in [0.5, 0.6) is 5.75 Å². The molecule has 0 bridgehead atoms. The topological polar surface area (TPSA) is 102 Å². The van der Waals surface area contributed by atoms with E-state index in [1.54, 1.807) is 26.8 Å². The molecule has 1 aliphatic rings. The number of rotatable bonds is 7. The molecule has 1 saturated heterocycles. The molecule has 3 rings (SSSR count). The first kappa shape index (κ1) is 27.6. The summed E-state index contributed by atoms with van der Waals surface area (Å²) in [6.45, 7) is 2.90. The van der Waals surface area contributed by atoms with Gasteiger partial charge in [0.2, 0.25) is 0 Å². The molecule has 1 aliphatic heterocycles. The van der Waals surface area contributed by atoms with Crippen molar-refractivity contribution in [3.8, 4) is 5.75 Å². The molecule has 2 atom stereocenters. The molecule has 15 heteroatoms. The molecule has 0 unspecified atom stereocenters. The molecule has 0 aliphatic carbocycles. The van der Waals surface area contributed by atoms with Gasteiger partial charge < -0.3 is 14.7 Å². The van der Waals surface area contributed by atoms with Gasteiger partial charge in [-0.15, -0.1) is 0 Å². The fourth-order valence-electron chi connectivity index (χ4n) is 4.02. The molecule has 0 radical (unpaired) electrons. The van der Waals surface area contributed by atoms with E-state index in [1.807, 2.05) is 0 Å². The van der Waals surface area contributed by atoms with Gasteiger partial charge in [-0.1, -0.05) is 0 Å². The molecule has 1 fully saturated rings. The third kappa shape index (κ3) is 5.71. The number of ether oxygens (including phenoxy) is 1. The SMILES string of the molecule is Cc1cc(N2C[C@H](S(=O)(=O)c3ccc(OCC(F)(F)F)cc3C(F)(F)F)C[C@@H]2C(=O)O)n(C(C)C)n1. The first-order chi connectivity index (χ1) is 16.4. The maximum Gasteiger partial charge on any atom is 0.422 e. The van der Waals surface area contributed by atoms with Gasteiger partial charge in [-0.3, -0.25) is 0 Å². The van der Waals surface area contributed by atoms with Gasteiger partial charge in [-0.05, 0) is 45.4 Å². The minimum atomic E-state index is -5.24. The smallest absolute Gasteiger partial charge is 0.422 e. The van der Waals surface area contributed by atoms with E-state index < -0.39 is 75.2 Å². The molecule has 36 heavy (non-hydrogen) atoms. The predicted molar refractivity (Wildman–Crippen MR) is 115 cm³/mol. The Kier molecular flexibility index (Phi) is 7.27. The number of hydrogen-bond donors (Lipinski definition) is 1. The van der Waals surface area contributed by atoms with Gasteiger partial charge in [-0.2, -0.15) is 31.4 Å². The quantitative estimate of drug-likeness (QED) is 0.522. The van der Waals surface area contributed by atoms with Crippen LogP contribution >= 0.6 is 0 Å². The number of aryl methyl sites for hydroxylation is 1. The molecule has 2 aromatic rings. The van der Waals surface area contributed by atoms with Crippen LogP contribution in [0.15, 0.2) is 29.2 Å². The lowest BCUT2D eigenvalue weighted by Gasteiger charge is -2.25. The molecule has 2 heterocycles. The number of carboxylic acids is 1. The van der Waals surface area contributed by atoms with E-state index in [0.717, 1.165) is 0 Å². The number of alkyl halides is 6. The van der Waals surface area contributed by atoms with Crippen LogP contribution in [-0.4, -0.2) is 59.9 Å². The Balaban J connectivity index is 2.02. The zero-order chi connectivity index (χ0) is 27.2. The van der Waals surface area contributed by atoms with E-state index in [2.05, 4.69) is 9.84 Å². The summed E-state index contributed by atoms with van der Waals surface area (Å²) in [6, 6.07) is 1.40. The fourth-order valence-corrected chi connectivity index (χ4v) is 5.91. The van der Waals surface area contributed by atoms with Gasteiger partial charge in [0.15, 0.2) is 16.4 Å². The predicted octanol–water partition coefficient (Wildman–Crippen LogP) is 4.24. The highest BCUT2D eigenvalue weighted by molar-refractivity contribution is 7.92. The Bertz CT molecular complexity index is 1240.